The zero-order chi connectivity index (χ0) is 18.9. The highest BCUT2D eigenvalue weighted by molar-refractivity contribution is 7.22. The van der Waals surface area contributed by atoms with Crippen LogP contribution in [0.3, 0.4) is 0 Å². The molecule has 3 heterocycles. The second kappa shape index (κ2) is 6.94. The summed E-state index contributed by atoms with van der Waals surface area (Å²) in [6.07, 6.45) is 3.60. The van der Waals surface area contributed by atoms with Crippen LogP contribution in [-0.2, 0) is 6.54 Å². The van der Waals surface area contributed by atoms with Gasteiger partial charge >= 0.3 is 0 Å². The number of carbonyl (C=O) groups is 1. The lowest BCUT2D eigenvalue weighted by atomic mass is 10.2. The Morgan fingerprint density at radius 2 is 1.96 bits per heavy atom. The van der Waals surface area contributed by atoms with E-state index in [0.29, 0.717) is 29.6 Å². The third-order valence-corrected chi connectivity index (χ3v) is 5.57. The number of amides is 1. The average molecular weight is 388 g/mol. The average Bonchev–Trinajstić information content (AvgIpc) is 3.46. The molecular formula is C21H16N4O2S. The van der Waals surface area contributed by atoms with Gasteiger partial charge in [0.05, 0.1) is 16.8 Å². The summed E-state index contributed by atoms with van der Waals surface area (Å²) >= 11 is 1.50. The minimum absolute atomic E-state index is 0.206. The number of furan rings is 1. The molecule has 0 bridgehead atoms. The molecule has 7 heteroatoms. The summed E-state index contributed by atoms with van der Waals surface area (Å²) in [5.74, 6) is 0.100. The standard InChI is InChI=1S/C21H16N4O2S/c26-20(18-14-15-6-1-3-8-17(15)27-18)25(13-12-24-11-5-10-22-24)21-23-16-7-2-4-9-19(16)28-21/h1-11,14H,12-13H2. The molecule has 3 aromatic heterocycles. The van der Waals surface area contributed by atoms with E-state index < -0.39 is 0 Å². The minimum Gasteiger partial charge on any atom is -0.451 e. The van der Waals surface area contributed by atoms with Crippen LogP contribution in [0.1, 0.15) is 10.6 Å². The molecule has 0 atom stereocenters. The number of carbonyl (C=O) groups excluding carboxylic acids is 1. The van der Waals surface area contributed by atoms with Gasteiger partial charge in [0.1, 0.15) is 5.58 Å². The van der Waals surface area contributed by atoms with Crippen LogP contribution in [0.4, 0.5) is 5.13 Å². The van der Waals surface area contributed by atoms with Crippen LogP contribution in [0, 0.1) is 0 Å². The van der Waals surface area contributed by atoms with E-state index in [2.05, 4.69) is 10.1 Å². The van der Waals surface area contributed by atoms with Gasteiger partial charge in [-0.05, 0) is 30.3 Å². The fourth-order valence-electron chi connectivity index (χ4n) is 3.12. The predicted octanol–water partition coefficient (Wildman–Crippen LogP) is 4.59. The first kappa shape index (κ1) is 16.7. The molecule has 0 spiro atoms. The van der Waals surface area contributed by atoms with Gasteiger partial charge in [0, 0.05) is 24.3 Å². The lowest BCUT2D eigenvalue weighted by Gasteiger charge is -2.18. The number of rotatable bonds is 5. The van der Waals surface area contributed by atoms with Gasteiger partial charge in [-0.2, -0.15) is 5.10 Å². The maximum atomic E-state index is 13.3. The van der Waals surface area contributed by atoms with Crippen molar-refractivity contribution in [3.63, 3.8) is 0 Å². The molecule has 5 aromatic rings. The van der Waals surface area contributed by atoms with Crippen LogP contribution in [0.2, 0.25) is 0 Å². The smallest absolute Gasteiger partial charge is 0.295 e. The van der Waals surface area contributed by atoms with Crippen molar-refractivity contribution in [2.45, 2.75) is 6.54 Å². The number of para-hydroxylation sites is 2. The Bertz CT molecular complexity index is 1190. The van der Waals surface area contributed by atoms with Gasteiger partial charge in [-0.15, -0.1) is 0 Å². The second-order valence-corrected chi connectivity index (χ2v) is 7.35. The number of aromatic nitrogens is 3. The second-order valence-electron chi connectivity index (χ2n) is 6.34. The zero-order valence-electron chi connectivity index (χ0n) is 14.9. The van der Waals surface area contributed by atoms with Crippen molar-refractivity contribution in [1.82, 2.24) is 14.8 Å². The third kappa shape index (κ3) is 3.05. The quantitative estimate of drug-likeness (QED) is 0.442. The van der Waals surface area contributed by atoms with Gasteiger partial charge in [-0.3, -0.25) is 14.4 Å². The molecule has 0 aliphatic carbocycles. The molecule has 138 valence electrons. The number of hydrogen-bond donors (Lipinski definition) is 0. The van der Waals surface area contributed by atoms with Crippen LogP contribution < -0.4 is 4.90 Å². The van der Waals surface area contributed by atoms with Crippen molar-refractivity contribution in [3.8, 4) is 0 Å². The van der Waals surface area contributed by atoms with E-state index in [-0.39, 0.29) is 5.91 Å². The zero-order valence-corrected chi connectivity index (χ0v) is 15.7. The molecule has 6 nitrogen and oxygen atoms in total. The van der Waals surface area contributed by atoms with Crippen molar-refractivity contribution >= 4 is 43.6 Å². The normalized spacial score (nSPS) is 11.3. The first-order valence-corrected chi connectivity index (χ1v) is 9.73. The fourth-order valence-corrected chi connectivity index (χ4v) is 4.10. The van der Waals surface area contributed by atoms with Crippen LogP contribution in [0.5, 0.6) is 0 Å². The molecule has 0 aliphatic heterocycles. The molecule has 0 saturated carbocycles. The van der Waals surface area contributed by atoms with Gasteiger partial charge in [-0.25, -0.2) is 4.98 Å². The molecular weight excluding hydrogens is 372 g/mol. The highest BCUT2D eigenvalue weighted by Gasteiger charge is 2.24. The van der Waals surface area contributed by atoms with Crippen LogP contribution in [0.15, 0.2) is 77.5 Å². The lowest BCUT2D eigenvalue weighted by molar-refractivity contribution is 0.0961. The Morgan fingerprint density at radius 1 is 1.11 bits per heavy atom. The SMILES string of the molecule is O=C(c1cc2ccccc2o1)N(CCn1cccn1)c1nc2ccccc2s1. The number of benzene rings is 2. The summed E-state index contributed by atoms with van der Waals surface area (Å²) < 4.78 is 8.65. The van der Waals surface area contributed by atoms with Crippen LogP contribution >= 0.6 is 11.3 Å². The van der Waals surface area contributed by atoms with Gasteiger partial charge in [0.25, 0.3) is 5.91 Å². The van der Waals surface area contributed by atoms with E-state index in [1.54, 1.807) is 21.8 Å². The van der Waals surface area contributed by atoms with Crippen molar-refractivity contribution in [1.29, 1.82) is 0 Å². The third-order valence-electron chi connectivity index (χ3n) is 4.51. The van der Waals surface area contributed by atoms with Crippen molar-refractivity contribution in [3.05, 3.63) is 78.8 Å². The summed E-state index contributed by atoms with van der Waals surface area (Å²) in [4.78, 5) is 19.7. The Kier molecular flexibility index (Phi) is 4.14. The first-order valence-electron chi connectivity index (χ1n) is 8.91. The topological polar surface area (TPSA) is 64.2 Å². The van der Waals surface area contributed by atoms with E-state index >= 15 is 0 Å². The van der Waals surface area contributed by atoms with E-state index in [4.69, 9.17) is 4.42 Å². The summed E-state index contributed by atoms with van der Waals surface area (Å²) in [7, 11) is 0. The van der Waals surface area contributed by atoms with Crippen LogP contribution in [0.25, 0.3) is 21.2 Å². The first-order chi connectivity index (χ1) is 13.8. The number of hydrogen-bond acceptors (Lipinski definition) is 5. The maximum Gasteiger partial charge on any atom is 0.295 e. The van der Waals surface area contributed by atoms with Crippen molar-refractivity contribution < 1.29 is 9.21 Å². The Labute approximate surface area is 164 Å². The summed E-state index contributed by atoms with van der Waals surface area (Å²) in [5.41, 5.74) is 1.58. The molecule has 0 saturated heterocycles. The molecule has 0 radical (unpaired) electrons. The fraction of sp³-hybridized carbons (Fsp3) is 0.0952. The molecule has 1 amide bonds. The highest BCUT2D eigenvalue weighted by atomic mass is 32.1. The van der Waals surface area contributed by atoms with Crippen molar-refractivity contribution in [2.24, 2.45) is 0 Å². The predicted molar refractivity (Wildman–Crippen MR) is 110 cm³/mol. The van der Waals surface area contributed by atoms with Crippen molar-refractivity contribution in [2.75, 3.05) is 11.4 Å². The molecule has 0 N–H and O–H groups in total. The molecule has 2 aromatic carbocycles. The summed E-state index contributed by atoms with van der Waals surface area (Å²) in [6, 6.07) is 19.1. The minimum atomic E-state index is -0.206. The Balaban J connectivity index is 1.52. The molecule has 28 heavy (non-hydrogen) atoms. The van der Waals surface area contributed by atoms with Crippen LogP contribution in [-0.4, -0.2) is 27.2 Å². The van der Waals surface area contributed by atoms with Gasteiger partial charge < -0.3 is 4.42 Å². The highest BCUT2D eigenvalue weighted by Crippen LogP contribution is 2.30. The summed E-state index contributed by atoms with van der Waals surface area (Å²) in [5, 5.41) is 5.79. The van der Waals surface area contributed by atoms with E-state index in [1.807, 2.05) is 60.8 Å². The Hall–Kier alpha value is -3.45. The summed E-state index contributed by atoms with van der Waals surface area (Å²) in [6.45, 7) is 1.01. The number of fused-ring (bicyclic) bond motifs is 2. The lowest BCUT2D eigenvalue weighted by Crippen LogP contribution is -2.33. The monoisotopic (exact) mass is 388 g/mol. The molecule has 0 fully saturated rings. The molecule has 0 unspecified atom stereocenters. The maximum absolute atomic E-state index is 13.3. The van der Waals surface area contributed by atoms with E-state index in [1.165, 1.54) is 11.3 Å². The van der Waals surface area contributed by atoms with E-state index in [9.17, 15) is 4.79 Å². The van der Waals surface area contributed by atoms with Gasteiger partial charge in [0.15, 0.2) is 10.9 Å². The number of anilines is 1. The van der Waals surface area contributed by atoms with Gasteiger partial charge in [0.2, 0.25) is 0 Å². The largest absolute Gasteiger partial charge is 0.451 e. The number of nitrogens with zero attached hydrogens (tertiary/aromatic N) is 4. The molecule has 0 aliphatic rings. The number of thiazole rings is 1. The van der Waals surface area contributed by atoms with E-state index in [0.717, 1.165) is 15.6 Å². The van der Waals surface area contributed by atoms with Gasteiger partial charge in [-0.1, -0.05) is 41.7 Å². The molecule has 5 rings (SSSR count). The Morgan fingerprint density at radius 3 is 2.79 bits per heavy atom.